The molecular weight excluding hydrogens is 338 g/mol. The van der Waals surface area contributed by atoms with E-state index < -0.39 is 9.84 Å². The van der Waals surface area contributed by atoms with Crippen LogP contribution in [0.1, 0.15) is 30.9 Å². The zero-order chi connectivity index (χ0) is 18.0. The Labute approximate surface area is 151 Å². The fourth-order valence-corrected chi connectivity index (χ4v) is 5.69. The number of hydrogen-bond acceptors (Lipinski definition) is 6. The summed E-state index contributed by atoms with van der Waals surface area (Å²) >= 11 is 0. The lowest BCUT2D eigenvalue weighted by Crippen LogP contribution is -2.34. The third kappa shape index (κ3) is 5.01. The van der Waals surface area contributed by atoms with Crippen LogP contribution in [0.2, 0.25) is 0 Å². The highest BCUT2D eigenvalue weighted by molar-refractivity contribution is 7.91. The maximum atomic E-state index is 11.6. The summed E-state index contributed by atoms with van der Waals surface area (Å²) in [5.41, 5.74) is 0. The first kappa shape index (κ1) is 18.8. The number of likely N-dealkylation sites (N-methyl/N-ethyl adjacent to an activating group) is 1. The SMILES string of the molecule is CN1CCC(Cc2nc(CCN(C)[C@H]3CCS(=O)(=O)C3)n(C)n2)CC1. The molecule has 0 N–H and O–H groups in total. The topological polar surface area (TPSA) is 71.3 Å². The number of piperidine rings is 1. The third-order valence-corrected chi connectivity index (χ3v) is 7.48. The van der Waals surface area contributed by atoms with Crippen molar-refractivity contribution >= 4 is 9.84 Å². The first-order chi connectivity index (χ1) is 11.8. The number of hydrogen-bond donors (Lipinski definition) is 0. The molecule has 1 aromatic rings. The van der Waals surface area contributed by atoms with Crippen molar-refractivity contribution in [2.45, 2.75) is 38.1 Å². The highest BCUT2D eigenvalue weighted by Gasteiger charge is 2.30. The van der Waals surface area contributed by atoms with Crippen molar-refractivity contribution in [2.75, 3.05) is 45.2 Å². The van der Waals surface area contributed by atoms with Crippen molar-refractivity contribution in [3.05, 3.63) is 11.6 Å². The molecule has 0 bridgehead atoms. The number of aromatic nitrogens is 3. The lowest BCUT2D eigenvalue weighted by atomic mass is 9.94. The van der Waals surface area contributed by atoms with E-state index in [-0.39, 0.29) is 6.04 Å². The van der Waals surface area contributed by atoms with Gasteiger partial charge in [-0.15, -0.1) is 0 Å². The van der Waals surface area contributed by atoms with E-state index in [1.54, 1.807) is 0 Å². The highest BCUT2D eigenvalue weighted by atomic mass is 32.2. The lowest BCUT2D eigenvalue weighted by molar-refractivity contribution is 0.217. The van der Waals surface area contributed by atoms with Crippen LogP contribution < -0.4 is 0 Å². The van der Waals surface area contributed by atoms with Gasteiger partial charge < -0.3 is 9.80 Å². The zero-order valence-electron chi connectivity index (χ0n) is 15.7. The molecule has 2 aliphatic rings. The predicted octanol–water partition coefficient (Wildman–Crippen LogP) is 0.361. The fraction of sp³-hybridized carbons (Fsp3) is 0.882. The van der Waals surface area contributed by atoms with Crippen molar-refractivity contribution in [1.82, 2.24) is 24.6 Å². The van der Waals surface area contributed by atoms with E-state index in [9.17, 15) is 8.42 Å². The van der Waals surface area contributed by atoms with Crippen LogP contribution in [0.25, 0.3) is 0 Å². The number of rotatable bonds is 6. The van der Waals surface area contributed by atoms with E-state index in [2.05, 4.69) is 21.9 Å². The Morgan fingerprint density at radius 3 is 2.56 bits per heavy atom. The number of likely N-dealkylation sites (tertiary alicyclic amines) is 1. The molecule has 1 aromatic heterocycles. The van der Waals surface area contributed by atoms with Gasteiger partial charge in [0, 0.05) is 32.5 Å². The van der Waals surface area contributed by atoms with Crippen LogP contribution in [-0.4, -0.2) is 84.3 Å². The van der Waals surface area contributed by atoms with E-state index >= 15 is 0 Å². The molecule has 142 valence electrons. The van der Waals surface area contributed by atoms with Crippen LogP contribution in [-0.2, 0) is 29.7 Å². The summed E-state index contributed by atoms with van der Waals surface area (Å²) in [6, 6.07) is 0.150. The molecule has 0 unspecified atom stereocenters. The van der Waals surface area contributed by atoms with Crippen LogP contribution in [0.5, 0.6) is 0 Å². The Balaban J connectivity index is 1.50. The van der Waals surface area contributed by atoms with Gasteiger partial charge in [-0.3, -0.25) is 4.68 Å². The van der Waals surface area contributed by atoms with Gasteiger partial charge in [0.2, 0.25) is 0 Å². The largest absolute Gasteiger partial charge is 0.306 e. The standard InChI is InChI=1S/C17H31N5O2S/c1-20-8-4-14(5-9-20)12-16-18-17(22(3)19-16)6-10-21(2)15-7-11-25(23,24)13-15/h14-15H,4-13H2,1-3H3/t15-/m0/s1. The van der Waals surface area contributed by atoms with Gasteiger partial charge in [-0.2, -0.15) is 5.10 Å². The van der Waals surface area contributed by atoms with E-state index in [1.165, 1.54) is 25.9 Å². The van der Waals surface area contributed by atoms with E-state index in [4.69, 9.17) is 4.98 Å². The molecule has 2 fully saturated rings. The molecule has 0 amide bonds. The summed E-state index contributed by atoms with van der Waals surface area (Å²) in [5, 5.41) is 4.60. The second-order valence-electron chi connectivity index (χ2n) is 7.81. The molecule has 0 aliphatic carbocycles. The molecule has 25 heavy (non-hydrogen) atoms. The number of sulfone groups is 1. The number of aryl methyl sites for hydroxylation is 1. The smallest absolute Gasteiger partial charge is 0.151 e. The summed E-state index contributed by atoms with van der Waals surface area (Å²) < 4.78 is 25.2. The molecule has 2 aliphatic heterocycles. The maximum Gasteiger partial charge on any atom is 0.151 e. The molecule has 0 aromatic carbocycles. The minimum Gasteiger partial charge on any atom is -0.306 e. The van der Waals surface area contributed by atoms with Crippen molar-refractivity contribution < 1.29 is 8.42 Å². The monoisotopic (exact) mass is 369 g/mol. The minimum atomic E-state index is -2.83. The lowest BCUT2D eigenvalue weighted by Gasteiger charge is -2.28. The summed E-state index contributed by atoms with van der Waals surface area (Å²) in [4.78, 5) is 9.29. The molecule has 0 spiro atoms. The van der Waals surface area contributed by atoms with Gasteiger partial charge in [-0.25, -0.2) is 13.4 Å². The van der Waals surface area contributed by atoms with Gasteiger partial charge in [-0.05, 0) is 52.4 Å². The van der Waals surface area contributed by atoms with Crippen LogP contribution in [0.3, 0.4) is 0 Å². The van der Waals surface area contributed by atoms with E-state index in [0.29, 0.717) is 17.4 Å². The second kappa shape index (κ2) is 7.72. The Bertz CT molecular complexity index is 679. The van der Waals surface area contributed by atoms with Gasteiger partial charge in [0.05, 0.1) is 11.5 Å². The van der Waals surface area contributed by atoms with E-state index in [0.717, 1.165) is 37.5 Å². The van der Waals surface area contributed by atoms with E-state index in [1.807, 2.05) is 18.8 Å². The van der Waals surface area contributed by atoms with Gasteiger partial charge in [0.1, 0.15) is 5.82 Å². The minimum absolute atomic E-state index is 0.150. The van der Waals surface area contributed by atoms with Crippen molar-refractivity contribution in [3.63, 3.8) is 0 Å². The molecule has 8 heteroatoms. The van der Waals surface area contributed by atoms with Crippen molar-refractivity contribution in [3.8, 4) is 0 Å². The predicted molar refractivity (Wildman–Crippen MR) is 98.3 cm³/mol. The highest BCUT2D eigenvalue weighted by Crippen LogP contribution is 2.20. The summed E-state index contributed by atoms with van der Waals surface area (Å²) in [6.45, 7) is 3.15. The second-order valence-corrected chi connectivity index (χ2v) is 10.0. The normalized spacial score (nSPS) is 25.0. The van der Waals surface area contributed by atoms with Crippen molar-refractivity contribution in [1.29, 1.82) is 0 Å². The summed E-state index contributed by atoms with van der Waals surface area (Å²) in [6.07, 6.45) is 4.98. The van der Waals surface area contributed by atoms with Gasteiger partial charge in [0.25, 0.3) is 0 Å². The van der Waals surface area contributed by atoms with Gasteiger partial charge in [0.15, 0.2) is 15.7 Å². The molecule has 0 saturated carbocycles. The summed E-state index contributed by atoms with van der Waals surface area (Å²) in [7, 11) is 3.33. The van der Waals surface area contributed by atoms with Crippen molar-refractivity contribution in [2.24, 2.45) is 13.0 Å². The summed E-state index contributed by atoms with van der Waals surface area (Å²) in [5.74, 6) is 3.27. The molecular formula is C17H31N5O2S. The molecule has 0 radical (unpaired) electrons. The van der Waals surface area contributed by atoms with Crippen LogP contribution in [0.15, 0.2) is 0 Å². The quantitative estimate of drug-likeness (QED) is 0.721. The van der Waals surface area contributed by atoms with Crippen LogP contribution >= 0.6 is 0 Å². The van der Waals surface area contributed by atoms with Crippen LogP contribution in [0.4, 0.5) is 0 Å². The average molecular weight is 370 g/mol. The maximum absolute atomic E-state index is 11.6. The zero-order valence-corrected chi connectivity index (χ0v) is 16.5. The van der Waals surface area contributed by atoms with Gasteiger partial charge >= 0.3 is 0 Å². The Morgan fingerprint density at radius 1 is 1.20 bits per heavy atom. The third-order valence-electron chi connectivity index (χ3n) is 5.73. The molecule has 3 heterocycles. The molecule has 1 atom stereocenters. The average Bonchev–Trinajstić information content (AvgIpc) is 3.09. The first-order valence-electron chi connectivity index (χ1n) is 9.30. The Morgan fingerprint density at radius 2 is 1.92 bits per heavy atom. The first-order valence-corrected chi connectivity index (χ1v) is 11.1. The fourth-order valence-electron chi connectivity index (χ4n) is 3.89. The molecule has 3 rings (SSSR count). The Kier molecular flexibility index (Phi) is 5.80. The Hall–Kier alpha value is -0.990. The molecule has 2 saturated heterocycles. The number of nitrogens with zero attached hydrogens (tertiary/aromatic N) is 5. The van der Waals surface area contributed by atoms with Crippen LogP contribution in [0, 0.1) is 5.92 Å². The molecule has 7 nitrogen and oxygen atoms in total. The van der Waals surface area contributed by atoms with Gasteiger partial charge in [-0.1, -0.05) is 0 Å².